The summed E-state index contributed by atoms with van der Waals surface area (Å²) < 4.78 is 14.3. The van der Waals surface area contributed by atoms with Gasteiger partial charge in [-0.25, -0.2) is 9.37 Å². The summed E-state index contributed by atoms with van der Waals surface area (Å²) in [5, 5.41) is 16.8. The van der Waals surface area contributed by atoms with Crippen LogP contribution in [-0.2, 0) is 6.54 Å². The number of anilines is 4. The number of likely N-dealkylation sites (tertiary alicyclic amines) is 1. The van der Waals surface area contributed by atoms with Crippen LogP contribution in [0.4, 0.5) is 26.6 Å². The number of hydrogen-bond donors (Lipinski definition) is 3. The molecule has 0 unspecified atom stereocenters. The molecule has 1 aliphatic rings. The summed E-state index contributed by atoms with van der Waals surface area (Å²) in [6.45, 7) is 2.98. The van der Waals surface area contributed by atoms with E-state index in [1.807, 2.05) is 12.1 Å². The van der Waals surface area contributed by atoms with Crippen molar-refractivity contribution in [3.63, 3.8) is 0 Å². The molecular weight excluding hydrogens is 485 g/mol. The largest absolute Gasteiger partial charge is 0.353 e. The van der Waals surface area contributed by atoms with Crippen molar-refractivity contribution in [3.8, 4) is 6.07 Å². The van der Waals surface area contributed by atoms with E-state index in [1.165, 1.54) is 35.2 Å². The van der Waals surface area contributed by atoms with Crippen LogP contribution in [0, 0.1) is 17.1 Å². The van der Waals surface area contributed by atoms with E-state index in [2.05, 4.69) is 43.7 Å². The zero-order valence-corrected chi connectivity index (χ0v) is 20.3. The Morgan fingerprint density at radius 3 is 2.60 bits per heavy atom. The highest BCUT2D eigenvalue weighted by Crippen LogP contribution is 2.36. The van der Waals surface area contributed by atoms with Crippen LogP contribution in [0.3, 0.4) is 0 Å². The lowest BCUT2D eigenvalue weighted by Gasteiger charge is -2.30. The van der Waals surface area contributed by atoms with Crippen molar-refractivity contribution in [2.75, 3.05) is 23.7 Å². The van der Waals surface area contributed by atoms with E-state index < -0.39 is 5.82 Å². The topological polar surface area (TPSA) is 103 Å². The molecule has 0 radical (unpaired) electrons. The number of thiazole rings is 1. The Labute approximate surface area is 211 Å². The Morgan fingerprint density at radius 2 is 1.89 bits per heavy atom. The predicted molar refractivity (Wildman–Crippen MR) is 139 cm³/mol. The first-order valence-corrected chi connectivity index (χ1v) is 12.4. The highest BCUT2D eigenvalue weighted by Gasteiger charge is 2.17. The van der Waals surface area contributed by atoms with Crippen LogP contribution < -0.4 is 16.4 Å². The minimum Gasteiger partial charge on any atom is -0.353 e. The second-order valence-corrected chi connectivity index (χ2v) is 9.93. The van der Waals surface area contributed by atoms with Gasteiger partial charge >= 0.3 is 0 Å². The van der Waals surface area contributed by atoms with E-state index in [-0.39, 0.29) is 5.02 Å². The number of benzene rings is 2. The normalized spacial score (nSPS) is 14.7. The minimum atomic E-state index is -0.506. The van der Waals surface area contributed by atoms with Crippen molar-refractivity contribution in [1.29, 1.82) is 5.26 Å². The number of nitriles is 1. The molecule has 0 amide bonds. The molecule has 4 aromatic rings. The fourth-order valence-corrected chi connectivity index (χ4v) is 5.17. The smallest absolute Gasteiger partial charge is 0.189 e. The van der Waals surface area contributed by atoms with Gasteiger partial charge in [-0.3, -0.25) is 4.90 Å². The molecule has 1 aliphatic heterocycles. The number of nitrogens with zero attached hydrogens (tertiary/aromatic N) is 4. The summed E-state index contributed by atoms with van der Waals surface area (Å²) in [7, 11) is 0. The number of piperidine rings is 1. The molecule has 35 heavy (non-hydrogen) atoms. The number of fused-ring (bicyclic) bond motifs is 1. The third-order valence-electron chi connectivity index (χ3n) is 5.97. The average molecular weight is 508 g/mol. The van der Waals surface area contributed by atoms with Crippen LogP contribution in [0.25, 0.3) is 10.3 Å². The van der Waals surface area contributed by atoms with Gasteiger partial charge in [0.25, 0.3) is 0 Å². The molecule has 0 bridgehead atoms. The number of pyridine rings is 1. The molecule has 2 aromatic carbocycles. The first-order valence-electron chi connectivity index (χ1n) is 11.2. The van der Waals surface area contributed by atoms with Crippen molar-refractivity contribution in [1.82, 2.24) is 14.9 Å². The highest BCUT2D eigenvalue weighted by molar-refractivity contribution is 7.22. The Morgan fingerprint density at radius 1 is 1.14 bits per heavy atom. The van der Waals surface area contributed by atoms with Gasteiger partial charge in [0.2, 0.25) is 0 Å². The molecule has 4 N–H and O–H groups in total. The summed E-state index contributed by atoms with van der Waals surface area (Å²) in [6.07, 6.45) is 3.56. The molecule has 0 atom stereocenters. The van der Waals surface area contributed by atoms with Crippen molar-refractivity contribution in [2.24, 2.45) is 5.73 Å². The molecule has 5 rings (SSSR count). The maximum absolute atomic E-state index is 13.6. The van der Waals surface area contributed by atoms with Crippen molar-refractivity contribution in [3.05, 3.63) is 70.6 Å². The van der Waals surface area contributed by atoms with Gasteiger partial charge in [0.1, 0.15) is 16.6 Å². The van der Waals surface area contributed by atoms with Crippen LogP contribution in [0.5, 0.6) is 0 Å². The van der Waals surface area contributed by atoms with Gasteiger partial charge in [0.05, 0.1) is 16.3 Å². The molecule has 0 saturated carbocycles. The van der Waals surface area contributed by atoms with E-state index >= 15 is 0 Å². The van der Waals surface area contributed by atoms with Gasteiger partial charge in [0, 0.05) is 30.2 Å². The summed E-state index contributed by atoms with van der Waals surface area (Å²) >= 11 is 7.30. The summed E-state index contributed by atoms with van der Waals surface area (Å²) in [6, 6.07) is 15.1. The second-order valence-electron chi connectivity index (χ2n) is 8.52. The van der Waals surface area contributed by atoms with Crippen LogP contribution in [0.1, 0.15) is 24.0 Å². The zero-order chi connectivity index (χ0) is 24.4. The molecule has 7 nitrogen and oxygen atoms in total. The van der Waals surface area contributed by atoms with E-state index in [1.54, 1.807) is 6.07 Å². The molecule has 0 aliphatic carbocycles. The Balaban J connectivity index is 1.34. The third kappa shape index (κ3) is 5.36. The number of rotatable bonds is 6. The van der Waals surface area contributed by atoms with E-state index in [9.17, 15) is 9.65 Å². The number of nitrogens with one attached hydrogen (secondary N) is 2. The van der Waals surface area contributed by atoms with E-state index in [0.717, 1.165) is 38.2 Å². The zero-order valence-electron chi connectivity index (χ0n) is 18.8. The number of halogens is 2. The molecule has 1 fully saturated rings. The summed E-state index contributed by atoms with van der Waals surface area (Å²) in [4.78, 5) is 11.3. The van der Waals surface area contributed by atoms with Crippen LogP contribution in [-0.4, -0.2) is 34.0 Å². The van der Waals surface area contributed by atoms with Gasteiger partial charge in [0.15, 0.2) is 10.8 Å². The summed E-state index contributed by atoms with van der Waals surface area (Å²) in [5.74, 6) is -0.506. The first kappa shape index (κ1) is 23.5. The van der Waals surface area contributed by atoms with Crippen molar-refractivity contribution in [2.45, 2.75) is 25.4 Å². The van der Waals surface area contributed by atoms with Crippen LogP contribution in [0.15, 0.2) is 48.7 Å². The molecule has 3 heterocycles. The Hall–Kier alpha value is -3.29. The van der Waals surface area contributed by atoms with Gasteiger partial charge in [-0.05, 0) is 61.8 Å². The van der Waals surface area contributed by atoms with Gasteiger partial charge in [-0.15, -0.1) is 0 Å². The molecule has 178 valence electrons. The molecule has 10 heteroatoms. The minimum absolute atomic E-state index is 0.00206. The monoisotopic (exact) mass is 507 g/mol. The lowest BCUT2D eigenvalue weighted by molar-refractivity contribution is 0.205. The number of nitrogens with two attached hydrogens (primary N) is 1. The average Bonchev–Trinajstić information content (AvgIpc) is 3.27. The van der Waals surface area contributed by atoms with Crippen LogP contribution in [0.2, 0.25) is 5.02 Å². The maximum atomic E-state index is 13.6. The first-order chi connectivity index (χ1) is 17.0. The lowest BCUT2D eigenvalue weighted by atomic mass is 10.1. The highest BCUT2D eigenvalue weighted by atomic mass is 35.5. The molecule has 1 saturated heterocycles. The SMILES string of the molecule is N#Cc1cnc2nc(Nc3ccc(CN4CCC(N)CC4)cc3)sc2c1Nc1ccc(F)c(Cl)c1. The quantitative estimate of drug-likeness (QED) is 0.304. The standard InChI is InChI=1S/C25H23ClFN7S/c26-20-11-19(5-6-21(20)27)31-22-16(12-28)13-30-24-23(22)35-25(33-24)32-18-3-1-15(2-4-18)14-34-9-7-17(29)8-10-34/h1-6,11,13,17H,7-10,14,29H2,(H2,30,31,32,33). The van der Waals surface area contributed by atoms with Gasteiger partial charge in [-0.1, -0.05) is 35.1 Å². The molecular formula is C25H23ClFN7S. The van der Waals surface area contributed by atoms with E-state index in [0.29, 0.717) is 38.5 Å². The number of aromatic nitrogens is 2. The Kier molecular flexibility index (Phi) is 6.79. The molecule has 0 spiro atoms. The van der Waals surface area contributed by atoms with Crippen molar-refractivity contribution < 1.29 is 4.39 Å². The summed E-state index contributed by atoms with van der Waals surface area (Å²) in [5.41, 5.74) is 10.2. The van der Waals surface area contributed by atoms with Gasteiger partial charge in [-0.2, -0.15) is 10.2 Å². The van der Waals surface area contributed by atoms with Crippen LogP contribution >= 0.6 is 22.9 Å². The number of hydrogen-bond acceptors (Lipinski definition) is 8. The third-order valence-corrected chi connectivity index (χ3v) is 7.24. The Bertz CT molecular complexity index is 1390. The van der Waals surface area contributed by atoms with Gasteiger partial charge < -0.3 is 16.4 Å². The fourth-order valence-electron chi connectivity index (χ4n) is 4.04. The maximum Gasteiger partial charge on any atom is 0.189 e. The lowest BCUT2D eigenvalue weighted by Crippen LogP contribution is -2.39. The fraction of sp³-hybridized carbons (Fsp3) is 0.240. The second kappa shape index (κ2) is 10.1. The predicted octanol–water partition coefficient (Wildman–Crippen LogP) is 5.77. The molecule has 2 aromatic heterocycles. The van der Waals surface area contributed by atoms with Crippen molar-refractivity contribution >= 4 is 55.5 Å². The van der Waals surface area contributed by atoms with E-state index in [4.69, 9.17) is 17.3 Å².